The molecular weight excluding hydrogens is 198 g/mol. The average molecular weight is 207 g/mol. The van der Waals surface area contributed by atoms with E-state index >= 15 is 0 Å². The van der Waals surface area contributed by atoms with Crippen LogP contribution in [0.25, 0.3) is 0 Å². The van der Waals surface area contributed by atoms with Gasteiger partial charge in [0.2, 0.25) is 0 Å². The van der Waals surface area contributed by atoms with E-state index in [0.29, 0.717) is 15.9 Å². The highest BCUT2D eigenvalue weighted by atomic mass is 32.2. The minimum Gasteiger partial charge on any atom is -0.439 e. The first-order chi connectivity index (χ1) is 6.75. The number of nitrogens with two attached hydrogens (primary N) is 1. The number of oxazole rings is 1. The van der Waals surface area contributed by atoms with Gasteiger partial charge in [0.05, 0.1) is 11.4 Å². The first-order valence-electron chi connectivity index (χ1n) is 4.06. The second kappa shape index (κ2) is 3.71. The summed E-state index contributed by atoms with van der Waals surface area (Å²) in [7, 11) is 0. The standard InChI is InChI=1S/C9H9N3OS/c1-6-5-13-9(12-6)14-8-7(10)3-2-4-11-8/h2-5H,10H2,1H3. The fraction of sp³-hybridized carbons (Fsp3) is 0.111. The number of nitrogen functional groups attached to an aromatic ring is 1. The summed E-state index contributed by atoms with van der Waals surface area (Å²) in [5.41, 5.74) is 7.20. The quantitative estimate of drug-likeness (QED) is 0.817. The van der Waals surface area contributed by atoms with Crippen LogP contribution in [0.15, 0.2) is 39.3 Å². The molecule has 4 nitrogen and oxygen atoms in total. The Hall–Kier alpha value is -1.49. The zero-order valence-electron chi connectivity index (χ0n) is 7.60. The maximum absolute atomic E-state index is 5.72. The van der Waals surface area contributed by atoms with Crippen molar-refractivity contribution in [3.63, 3.8) is 0 Å². The number of hydrogen-bond acceptors (Lipinski definition) is 5. The number of nitrogens with zero attached hydrogens (tertiary/aromatic N) is 2. The highest BCUT2D eigenvalue weighted by molar-refractivity contribution is 7.99. The summed E-state index contributed by atoms with van der Waals surface area (Å²) >= 11 is 1.32. The zero-order valence-corrected chi connectivity index (χ0v) is 8.41. The molecule has 5 heteroatoms. The summed E-state index contributed by atoms with van der Waals surface area (Å²) in [5.74, 6) is 0. The number of rotatable bonds is 2. The first kappa shape index (κ1) is 9.08. The third kappa shape index (κ3) is 1.88. The molecule has 72 valence electrons. The second-order valence-electron chi connectivity index (χ2n) is 2.75. The molecule has 0 atom stereocenters. The molecule has 0 fully saturated rings. The minimum atomic E-state index is 0.563. The van der Waals surface area contributed by atoms with E-state index in [2.05, 4.69) is 9.97 Å². The average Bonchev–Trinajstić information content (AvgIpc) is 2.56. The normalized spacial score (nSPS) is 10.4. The number of aromatic nitrogens is 2. The number of anilines is 1. The van der Waals surface area contributed by atoms with Gasteiger partial charge in [-0.15, -0.1) is 0 Å². The van der Waals surface area contributed by atoms with Crippen LogP contribution in [-0.4, -0.2) is 9.97 Å². The maximum atomic E-state index is 5.72. The molecule has 0 aliphatic rings. The molecule has 0 saturated carbocycles. The Morgan fingerprint density at radius 3 is 3.00 bits per heavy atom. The molecule has 2 rings (SSSR count). The summed E-state index contributed by atoms with van der Waals surface area (Å²) in [6, 6.07) is 3.59. The van der Waals surface area contributed by atoms with Gasteiger partial charge in [0, 0.05) is 6.20 Å². The monoisotopic (exact) mass is 207 g/mol. The van der Waals surface area contributed by atoms with Crippen LogP contribution in [0.3, 0.4) is 0 Å². The van der Waals surface area contributed by atoms with Gasteiger partial charge in [-0.05, 0) is 30.8 Å². The van der Waals surface area contributed by atoms with Crippen molar-refractivity contribution in [1.29, 1.82) is 0 Å². The van der Waals surface area contributed by atoms with E-state index in [0.717, 1.165) is 5.69 Å². The molecule has 0 saturated heterocycles. The zero-order chi connectivity index (χ0) is 9.97. The summed E-state index contributed by atoms with van der Waals surface area (Å²) < 4.78 is 5.18. The van der Waals surface area contributed by atoms with Gasteiger partial charge in [-0.25, -0.2) is 9.97 Å². The Labute approximate surface area is 85.6 Å². The maximum Gasteiger partial charge on any atom is 0.262 e. The third-order valence-electron chi connectivity index (χ3n) is 1.58. The van der Waals surface area contributed by atoms with E-state index < -0.39 is 0 Å². The van der Waals surface area contributed by atoms with Gasteiger partial charge in [-0.1, -0.05) is 0 Å². The van der Waals surface area contributed by atoms with Crippen LogP contribution in [0.1, 0.15) is 5.69 Å². The number of hydrogen-bond donors (Lipinski definition) is 1. The SMILES string of the molecule is Cc1coc(Sc2ncccc2N)n1. The highest BCUT2D eigenvalue weighted by Crippen LogP contribution is 2.28. The predicted molar refractivity (Wildman–Crippen MR) is 54.0 cm³/mol. The molecule has 0 spiro atoms. The van der Waals surface area contributed by atoms with Crippen molar-refractivity contribution in [2.45, 2.75) is 17.2 Å². The van der Waals surface area contributed by atoms with Gasteiger partial charge >= 0.3 is 0 Å². The third-order valence-corrected chi connectivity index (χ3v) is 2.48. The fourth-order valence-corrected chi connectivity index (χ4v) is 1.70. The van der Waals surface area contributed by atoms with Gasteiger partial charge in [0.1, 0.15) is 11.3 Å². The Balaban J connectivity index is 2.23. The van der Waals surface area contributed by atoms with Crippen molar-refractivity contribution < 1.29 is 4.42 Å². The van der Waals surface area contributed by atoms with Gasteiger partial charge < -0.3 is 10.2 Å². The fourth-order valence-electron chi connectivity index (χ4n) is 0.950. The summed E-state index contributed by atoms with van der Waals surface area (Å²) in [6.07, 6.45) is 3.29. The topological polar surface area (TPSA) is 64.9 Å². The van der Waals surface area contributed by atoms with Crippen LogP contribution in [0, 0.1) is 6.92 Å². The van der Waals surface area contributed by atoms with Crippen molar-refractivity contribution >= 4 is 17.4 Å². The van der Waals surface area contributed by atoms with Crippen molar-refractivity contribution in [2.24, 2.45) is 0 Å². The van der Waals surface area contributed by atoms with Crippen LogP contribution < -0.4 is 5.73 Å². The van der Waals surface area contributed by atoms with E-state index in [1.54, 1.807) is 24.6 Å². The summed E-state index contributed by atoms with van der Waals surface area (Å²) in [4.78, 5) is 8.27. The van der Waals surface area contributed by atoms with E-state index in [-0.39, 0.29) is 0 Å². The smallest absolute Gasteiger partial charge is 0.262 e. The van der Waals surface area contributed by atoms with Crippen LogP contribution in [-0.2, 0) is 0 Å². The Kier molecular flexibility index (Phi) is 2.41. The van der Waals surface area contributed by atoms with Crippen LogP contribution in [0.2, 0.25) is 0 Å². The lowest BCUT2D eigenvalue weighted by Crippen LogP contribution is -1.90. The Bertz CT molecular complexity index is 441. The molecule has 0 aliphatic heterocycles. The Morgan fingerprint density at radius 1 is 1.50 bits per heavy atom. The van der Waals surface area contributed by atoms with Crippen molar-refractivity contribution in [3.05, 3.63) is 30.3 Å². The number of pyridine rings is 1. The molecule has 0 radical (unpaired) electrons. The summed E-state index contributed by atoms with van der Waals surface area (Å²) in [6.45, 7) is 1.87. The molecule has 0 amide bonds. The Morgan fingerprint density at radius 2 is 2.36 bits per heavy atom. The van der Waals surface area contributed by atoms with Crippen LogP contribution in [0.4, 0.5) is 5.69 Å². The molecular formula is C9H9N3OS. The van der Waals surface area contributed by atoms with Gasteiger partial charge in [-0.2, -0.15) is 0 Å². The minimum absolute atomic E-state index is 0.563. The molecule has 14 heavy (non-hydrogen) atoms. The molecule has 0 aromatic carbocycles. The van der Waals surface area contributed by atoms with Crippen molar-refractivity contribution in [1.82, 2.24) is 9.97 Å². The molecule has 2 aromatic heterocycles. The first-order valence-corrected chi connectivity index (χ1v) is 4.88. The second-order valence-corrected chi connectivity index (χ2v) is 3.69. The van der Waals surface area contributed by atoms with Crippen LogP contribution >= 0.6 is 11.8 Å². The molecule has 0 bridgehead atoms. The molecule has 0 aliphatic carbocycles. The van der Waals surface area contributed by atoms with Gasteiger partial charge in [0.25, 0.3) is 5.22 Å². The van der Waals surface area contributed by atoms with Gasteiger partial charge in [0.15, 0.2) is 0 Å². The highest BCUT2D eigenvalue weighted by Gasteiger charge is 2.06. The molecule has 2 N–H and O–H groups in total. The van der Waals surface area contributed by atoms with E-state index in [4.69, 9.17) is 10.2 Å². The molecule has 2 aromatic rings. The molecule has 2 heterocycles. The lowest BCUT2D eigenvalue weighted by Gasteiger charge is -1.98. The number of aryl methyl sites for hydroxylation is 1. The van der Waals surface area contributed by atoms with E-state index in [9.17, 15) is 0 Å². The lowest BCUT2D eigenvalue weighted by atomic mass is 10.4. The van der Waals surface area contributed by atoms with E-state index in [1.807, 2.05) is 6.92 Å². The van der Waals surface area contributed by atoms with Gasteiger partial charge in [-0.3, -0.25) is 0 Å². The predicted octanol–water partition coefficient (Wildman–Crippen LogP) is 2.11. The summed E-state index contributed by atoms with van der Waals surface area (Å²) in [5, 5.41) is 1.28. The van der Waals surface area contributed by atoms with Crippen LogP contribution in [0.5, 0.6) is 0 Å². The van der Waals surface area contributed by atoms with Crippen molar-refractivity contribution in [2.75, 3.05) is 5.73 Å². The largest absolute Gasteiger partial charge is 0.439 e. The van der Waals surface area contributed by atoms with E-state index in [1.165, 1.54) is 11.8 Å². The van der Waals surface area contributed by atoms with Crippen molar-refractivity contribution in [3.8, 4) is 0 Å². The molecule has 0 unspecified atom stereocenters. The lowest BCUT2D eigenvalue weighted by molar-refractivity contribution is 0.454.